The molecule has 1 aliphatic heterocycles. The normalized spacial score (nSPS) is 27.7. The molecule has 1 fully saturated rings. The monoisotopic (exact) mass is 174 g/mol. The molecule has 0 spiro atoms. The molecular formula is C7H14N2OS. The number of hydrogen-bond acceptors (Lipinski definition) is 3. The van der Waals surface area contributed by atoms with Gasteiger partial charge in [0, 0.05) is 19.0 Å². The third-order valence-corrected chi connectivity index (χ3v) is 2.91. The van der Waals surface area contributed by atoms with Crippen LogP contribution >= 0.6 is 11.8 Å². The maximum absolute atomic E-state index is 11.2. The van der Waals surface area contributed by atoms with Gasteiger partial charge in [-0.05, 0) is 13.2 Å². The van der Waals surface area contributed by atoms with Gasteiger partial charge in [0.1, 0.15) is 0 Å². The average molecular weight is 174 g/mol. The molecule has 1 rings (SSSR count). The van der Waals surface area contributed by atoms with Gasteiger partial charge in [0.25, 0.3) is 0 Å². The fraction of sp³-hybridized carbons (Fsp3) is 0.857. The summed E-state index contributed by atoms with van der Waals surface area (Å²) in [5, 5.41) is 0.274. The number of hydrogen-bond donors (Lipinski definition) is 1. The Labute approximate surface area is 71.3 Å². The van der Waals surface area contributed by atoms with E-state index in [0.29, 0.717) is 6.42 Å². The van der Waals surface area contributed by atoms with Crippen molar-refractivity contribution in [2.24, 2.45) is 5.73 Å². The maximum atomic E-state index is 11.2. The quantitative estimate of drug-likeness (QED) is 0.653. The molecule has 3 nitrogen and oxygen atoms in total. The average Bonchev–Trinajstić information content (AvgIpc) is 2.28. The minimum absolute atomic E-state index is 0.0529. The number of nitrogens with two attached hydrogens (primary N) is 1. The first-order valence-corrected chi connectivity index (χ1v) is 5.01. The lowest BCUT2D eigenvalue weighted by Crippen LogP contribution is -2.33. The van der Waals surface area contributed by atoms with E-state index in [1.807, 2.05) is 18.1 Å². The Morgan fingerprint density at radius 2 is 2.45 bits per heavy atom. The van der Waals surface area contributed by atoms with E-state index in [0.717, 1.165) is 6.54 Å². The first-order valence-electron chi connectivity index (χ1n) is 3.73. The van der Waals surface area contributed by atoms with Gasteiger partial charge >= 0.3 is 0 Å². The molecule has 1 heterocycles. The first-order chi connectivity index (χ1) is 5.15. The molecule has 0 saturated carbocycles. The van der Waals surface area contributed by atoms with Gasteiger partial charge in [-0.15, -0.1) is 11.8 Å². The van der Waals surface area contributed by atoms with Crippen LogP contribution in [0.15, 0.2) is 0 Å². The highest BCUT2D eigenvalue weighted by atomic mass is 32.2. The minimum atomic E-state index is 0.0529. The van der Waals surface area contributed by atoms with Crippen LogP contribution in [0.2, 0.25) is 0 Å². The van der Waals surface area contributed by atoms with Gasteiger partial charge in [0.15, 0.2) is 0 Å². The van der Waals surface area contributed by atoms with E-state index in [1.54, 1.807) is 11.8 Å². The van der Waals surface area contributed by atoms with Crippen molar-refractivity contribution in [3.63, 3.8) is 0 Å². The molecule has 0 aromatic carbocycles. The molecule has 2 atom stereocenters. The molecule has 0 radical (unpaired) electrons. The van der Waals surface area contributed by atoms with E-state index < -0.39 is 0 Å². The first kappa shape index (κ1) is 8.87. The van der Waals surface area contributed by atoms with Crippen LogP contribution in [0, 0.1) is 0 Å². The maximum Gasteiger partial charge on any atom is 0.225 e. The number of carbonyl (C=O) groups excluding carboxylic acids is 1. The van der Waals surface area contributed by atoms with Crippen molar-refractivity contribution in [2.75, 3.05) is 12.8 Å². The predicted molar refractivity (Wildman–Crippen MR) is 47.3 cm³/mol. The van der Waals surface area contributed by atoms with Crippen LogP contribution < -0.4 is 5.73 Å². The molecule has 0 aromatic heterocycles. The summed E-state index contributed by atoms with van der Waals surface area (Å²) in [6.45, 7) is 2.75. The minimum Gasteiger partial charge on any atom is -0.329 e. The van der Waals surface area contributed by atoms with Crippen LogP contribution in [-0.4, -0.2) is 35.0 Å². The van der Waals surface area contributed by atoms with Crippen LogP contribution in [0.3, 0.4) is 0 Å². The van der Waals surface area contributed by atoms with E-state index >= 15 is 0 Å². The second kappa shape index (κ2) is 3.45. The van der Waals surface area contributed by atoms with Crippen LogP contribution in [0.4, 0.5) is 0 Å². The molecule has 0 aliphatic carbocycles. The van der Waals surface area contributed by atoms with E-state index in [-0.39, 0.29) is 17.3 Å². The van der Waals surface area contributed by atoms with Crippen LogP contribution in [0.25, 0.3) is 0 Å². The summed E-state index contributed by atoms with van der Waals surface area (Å²) in [7, 11) is 0. The zero-order valence-corrected chi connectivity index (χ0v) is 7.73. The second-order valence-electron chi connectivity index (χ2n) is 2.85. The van der Waals surface area contributed by atoms with Gasteiger partial charge in [0.2, 0.25) is 5.91 Å². The van der Waals surface area contributed by atoms with Crippen molar-refractivity contribution in [3.8, 4) is 0 Å². The van der Waals surface area contributed by atoms with E-state index in [2.05, 4.69) is 0 Å². The summed E-state index contributed by atoms with van der Waals surface area (Å²) in [5.41, 5.74) is 5.64. The molecule has 64 valence electrons. The largest absolute Gasteiger partial charge is 0.329 e. The molecule has 2 N–H and O–H groups in total. The highest BCUT2D eigenvalue weighted by molar-refractivity contribution is 7.99. The Kier molecular flexibility index (Phi) is 2.78. The second-order valence-corrected chi connectivity index (χ2v) is 4.00. The van der Waals surface area contributed by atoms with E-state index in [4.69, 9.17) is 5.73 Å². The van der Waals surface area contributed by atoms with Crippen LogP contribution in [0.1, 0.15) is 13.3 Å². The Hall–Kier alpha value is -0.220. The van der Waals surface area contributed by atoms with Gasteiger partial charge in [0.05, 0.1) is 5.37 Å². The summed E-state index contributed by atoms with van der Waals surface area (Å²) < 4.78 is 0. The zero-order valence-electron chi connectivity index (χ0n) is 6.91. The molecule has 1 aliphatic rings. The van der Waals surface area contributed by atoms with Crippen molar-refractivity contribution < 1.29 is 4.79 Å². The zero-order chi connectivity index (χ0) is 8.43. The Morgan fingerprint density at radius 1 is 1.82 bits per heavy atom. The van der Waals surface area contributed by atoms with Crippen molar-refractivity contribution in [1.29, 1.82) is 0 Å². The number of nitrogens with zero attached hydrogens (tertiary/aromatic N) is 1. The highest BCUT2D eigenvalue weighted by Gasteiger charge is 2.29. The lowest BCUT2D eigenvalue weighted by atomic mass is 10.3. The number of amides is 1. The lowest BCUT2D eigenvalue weighted by molar-refractivity contribution is -0.128. The summed E-state index contributed by atoms with van der Waals surface area (Å²) in [5.74, 6) is 0.194. The van der Waals surface area contributed by atoms with Crippen molar-refractivity contribution in [1.82, 2.24) is 4.90 Å². The Bertz CT molecular complexity index is 163. The van der Waals surface area contributed by atoms with E-state index in [9.17, 15) is 4.79 Å². The molecule has 1 amide bonds. The highest BCUT2D eigenvalue weighted by Crippen LogP contribution is 2.18. The van der Waals surface area contributed by atoms with Crippen molar-refractivity contribution in [3.05, 3.63) is 0 Å². The van der Waals surface area contributed by atoms with Gasteiger partial charge < -0.3 is 10.6 Å². The summed E-state index contributed by atoms with van der Waals surface area (Å²) >= 11 is 1.68. The number of thioether (sulfide) groups is 1. The van der Waals surface area contributed by atoms with Crippen molar-refractivity contribution in [2.45, 2.75) is 24.8 Å². The molecule has 4 heteroatoms. The summed E-state index contributed by atoms with van der Waals surface area (Å²) in [6, 6.07) is 0.0529. The number of rotatable bonds is 2. The third kappa shape index (κ3) is 1.87. The standard InChI is InChI=1S/C7H14N2OS/c1-5(11-2)9-4-6(8)3-7(9)10/h5-6H,3-4,8H2,1-2H3/t5?,6-/m1/s1. The van der Waals surface area contributed by atoms with Crippen LogP contribution in [-0.2, 0) is 4.79 Å². The molecule has 11 heavy (non-hydrogen) atoms. The van der Waals surface area contributed by atoms with Gasteiger partial charge in [-0.1, -0.05) is 0 Å². The van der Waals surface area contributed by atoms with Gasteiger partial charge in [-0.25, -0.2) is 0 Å². The summed E-state index contributed by atoms with van der Waals surface area (Å²) in [4.78, 5) is 13.1. The number of carbonyl (C=O) groups is 1. The number of likely N-dealkylation sites (tertiary alicyclic amines) is 1. The Balaban J connectivity index is 2.52. The smallest absolute Gasteiger partial charge is 0.225 e. The molecular weight excluding hydrogens is 160 g/mol. The molecule has 1 unspecified atom stereocenters. The Morgan fingerprint density at radius 3 is 2.82 bits per heavy atom. The molecule has 1 saturated heterocycles. The predicted octanol–water partition coefficient (Wildman–Crippen LogP) is 0.255. The fourth-order valence-electron chi connectivity index (χ4n) is 1.24. The van der Waals surface area contributed by atoms with Gasteiger partial charge in [-0.3, -0.25) is 4.79 Å². The lowest BCUT2D eigenvalue weighted by Gasteiger charge is -2.22. The SMILES string of the molecule is CSC(C)N1C[C@H](N)CC1=O. The molecule has 0 bridgehead atoms. The summed E-state index contributed by atoms with van der Waals surface area (Å²) in [6.07, 6.45) is 2.52. The molecule has 0 aromatic rings. The van der Waals surface area contributed by atoms with Gasteiger partial charge in [-0.2, -0.15) is 0 Å². The van der Waals surface area contributed by atoms with Crippen LogP contribution in [0.5, 0.6) is 0 Å². The fourth-order valence-corrected chi connectivity index (χ4v) is 1.70. The third-order valence-electron chi connectivity index (χ3n) is 1.97. The van der Waals surface area contributed by atoms with E-state index in [1.165, 1.54) is 0 Å². The topological polar surface area (TPSA) is 46.3 Å². The van der Waals surface area contributed by atoms with Crippen molar-refractivity contribution >= 4 is 17.7 Å².